The third-order valence-corrected chi connectivity index (χ3v) is 5.34. The molecule has 0 radical (unpaired) electrons. The highest BCUT2D eigenvalue weighted by atomic mass is 35.5. The van der Waals surface area contributed by atoms with Crippen molar-refractivity contribution in [2.45, 2.75) is 26.4 Å². The molecular formula is C16H21ClN4O4S. The number of hydrogen-bond acceptors (Lipinski definition) is 6. The summed E-state index contributed by atoms with van der Waals surface area (Å²) < 4.78 is 29.6. The minimum atomic E-state index is -3.45. The zero-order chi connectivity index (χ0) is 19.5. The summed E-state index contributed by atoms with van der Waals surface area (Å²) in [5, 5.41) is 8.42. The molecule has 1 aromatic carbocycles. The lowest BCUT2D eigenvalue weighted by atomic mass is 10.2. The van der Waals surface area contributed by atoms with Gasteiger partial charge in [0.05, 0.1) is 29.9 Å². The highest BCUT2D eigenvalue weighted by Gasteiger charge is 2.24. The third-order valence-electron chi connectivity index (χ3n) is 3.74. The van der Waals surface area contributed by atoms with Crippen molar-refractivity contribution in [1.29, 1.82) is 0 Å². The van der Waals surface area contributed by atoms with Crippen LogP contribution in [0.3, 0.4) is 0 Å². The average Bonchev–Trinajstić information content (AvgIpc) is 3.00. The molecule has 0 atom stereocenters. The van der Waals surface area contributed by atoms with E-state index in [1.54, 1.807) is 24.3 Å². The normalized spacial score (nSPS) is 12.0. The van der Waals surface area contributed by atoms with Gasteiger partial charge in [0, 0.05) is 13.1 Å². The molecule has 10 heteroatoms. The van der Waals surface area contributed by atoms with Crippen molar-refractivity contribution in [1.82, 2.24) is 19.4 Å². The molecular weight excluding hydrogens is 380 g/mol. The number of rotatable bonds is 7. The quantitative estimate of drug-likeness (QED) is 0.705. The first-order valence-electron chi connectivity index (χ1n) is 7.87. The van der Waals surface area contributed by atoms with Gasteiger partial charge in [-0.25, -0.2) is 8.42 Å². The monoisotopic (exact) mass is 400 g/mol. The molecule has 2 aromatic rings. The summed E-state index contributed by atoms with van der Waals surface area (Å²) in [4.78, 5) is 14.0. The Hall–Kier alpha value is -1.97. The number of amides is 1. The number of benzene rings is 1. The minimum Gasteiger partial charge on any atom is -0.419 e. The lowest BCUT2D eigenvalue weighted by molar-refractivity contribution is -0.133. The van der Waals surface area contributed by atoms with Gasteiger partial charge in [0.2, 0.25) is 27.7 Å². The highest BCUT2D eigenvalue weighted by Crippen LogP contribution is 2.26. The van der Waals surface area contributed by atoms with Crippen molar-refractivity contribution >= 4 is 27.5 Å². The lowest BCUT2D eigenvalue weighted by Crippen LogP contribution is -2.43. The van der Waals surface area contributed by atoms with Gasteiger partial charge < -0.3 is 9.32 Å². The van der Waals surface area contributed by atoms with Gasteiger partial charge >= 0.3 is 0 Å². The summed E-state index contributed by atoms with van der Waals surface area (Å²) in [6, 6.07) is 6.89. The summed E-state index contributed by atoms with van der Waals surface area (Å²) in [5.74, 6) is 0.143. The maximum absolute atomic E-state index is 12.5. The maximum Gasteiger partial charge on any atom is 0.249 e. The Morgan fingerprint density at radius 3 is 2.50 bits per heavy atom. The van der Waals surface area contributed by atoms with E-state index in [0.717, 1.165) is 10.6 Å². The Kier molecular flexibility index (Phi) is 6.38. The Labute approximate surface area is 157 Å². The van der Waals surface area contributed by atoms with E-state index >= 15 is 0 Å². The molecule has 0 bridgehead atoms. The van der Waals surface area contributed by atoms with E-state index in [-0.39, 0.29) is 36.8 Å². The Bertz CT molecular complexity index is 882. The van der Waals surface area contributed by atoms with Crippen LogP contribution < -0.4 is 0 Å². The van der Waals surface area contributed by atoms with E-state index in [0.29, 0.717) is 10.6 Å². The summed E-state index contributed by atoms with van der Waals surface area (Å²) in [7, 11) is -2.09. The molecule has 1 heterocycles. The summed E-state index contributed by atoms with van der Waals surface area (Å²) >= 11 is 6.12. The lowest BCUT2D eigenvalue weighted by Gasteiger charge is -2.27. The van der Waals surface area contributed by atoms with Gasteiger partial charge in [-0.15, -0.1) is 10.2 Å². The molecule has 0 unspecified atom stereocenters. The van der Waals surface area contributed by atoms with Gasteiger partial charge in [-0.05, 0) is 26.0 Å². The largest absolute Gasteiger partial charge is 0.419 e. The first-order valence-corrected chi connectivity index (χ1v) is 10.1. The number of nitrogens with zero attached hydrogens (tertiary/aromatic N) is 4. The number of carbonyl (C=O) groups excluding carboxylic acids is 1. The van der Waals surface area contributed by atoms with Crippen molar-refractivity contribution in [3.63, 3.8) is 0 Å². The predicted octanol–water partition coefficient (Wildman–Crippen LogP) is 2.02. The number of hydrogen-bond donors (Lipinski definition) is 0. The molecule has 0 fully saturated rings. The van der Waals surface area contributed by atoms with Gasteiger partial charge in [0.15, 0.2) is 0 Å². The number of aromatic nitrogens is 2. The summed E-state index contributed by atoms with van der Waals surface area (Å²) in [6.07, 6.45) is 1.05. The van der Waals surface area contributed by atoms with Crippen molar-refractivity contribution in [3.8, 4) is 11.5 Å². The van der Waals surface area contributed by atoms with Crippen molar-refractivity contribution in [3.05, 3.63) is 35.2 Å². The van der Waals surface area contributed by atoms with Crippen LogP contribution in [-0.4, -0.2) is 59.6 Å². The Balaban J connectivity index is 2.16. The number of halogens is 1. The number of sulfonamides is 1. The highest BCUT2D eigenvalue weighted by molar-refractivity contribution is 7.88. The van der Waals surface area contributed by atoms with Gasteiger partial charge in [0.25, 0.3) is 0 Å². The summed E-state index contributed by atoms with van der Waals surface area (Å²) in [6.45, 7) is 3.46. The van der Waals surface area contributed by atoms with Crippen LogP contribution in [0.5, 0.6) is 0 Å². The molecule has 8 nitrogen and oxygen atoms in total. The fraction of sp³-hybridized carbons (Fsp3) is 0.438. The van der Waals surface area contributed by atoms with Gasteiger partial charge in [0.1, 0.15) is 0 Å². The van der Waals surface area contributed by atoms with Crippen molar-refractivity contribution in [2.24, 2.45) is 0 Å². The molecule has 0 aliphatic heterocycles. The second kappa shape index (κ2) is 8.15. The molecule has 0 spiro atoms. The first kappa shape index (κ1) is 20.3. The SMILES string of the molecule is CC(C)N(Cc1nnc(-c2ccccc2Cl)o1)C(=O)CN(C)S(C)(=O)=O. The molecule has 0 N–H and O–H groups in total. The molecule has 1 aromatic heterocycles. The first-order chi connectivity index (χ1) is 12.1. The third kappa shape index (κ3) is 5.03. The molecule has 0 aliphatic carbocycles. The minimum absolute atomic E-state index is 0.0750. The fourth-order valence-corrected chi connectivity index (χ4v) is 2.73. The van der Waals surface area contributed by atoms with Crippen molar-refractivity contribution < 1.29 is 17.6 Å². The van der Waals surface area contributed by atoms with E-state index in [4.69, 9.17) is 16.0 Å². The smallest absolute Gasteiger partial charge is 0.249 e. The molecule has 26 heavy (non-hydrogen) atoms. The van der Waals surface area contributed by atoms with Gasteiger partial charge in [-0.1, -0.05) is 23.7 Å². The second-order valence-corrected chi connectivity index (χ2v) is 8.61. The molecule has 0 saturated heterocycles. The van der Waals surface area contributed by atoms with Crippen LogP contribution in [0.4, 0.5) is 0 Å². The molecule has 142 valence electrons. The van der Waals surface area contributed by atoms with Crippen LogP contribution in [0.25, 0.3) is 11.5 Å². The van der Waals surface area contributed by atoms with E-state index in [1.165, 1.54) is 11.9 Å². The zero-order valence-electron chi connectivity index (χ0n) is 15.0. The second-order valence-electron chi connectivity index (χ2n) is 6.12. The van der Waals surface area contributed by atoms with Gasteiger partial charge in [-0.3, -0.25) is 4.79 Å². The van der Waals surface area contributed by atoms with Crippen LogP contribution in [0.15, 0.2) is 28.7 Å². The molecule has 1 amide bonds. The fourth-order valence-electron chi connectivity index (χ4n) is 2.16. The average molecular weight is 401 g/mol. The van der Waals surface area contributed by atoms with Gasteiger partial charge in [-0.2, -0.15) is 4.31 Å². The maximum atomic E-state index is 12.5. The van der Waals surface area contributed by atoms with Crippen LogP contribution in [0.2, 0.25) is 5.02 Å². The van der Waals surface area contributed by atoms with Crippen LogP contribution in [-0.2, 0) is 21.4 Å². The standard InChI is InChI=1S/C16H21ClN4O4S/c1-11(2)21(15(22)10-20(3)26(4,23)24)9-14-18-19-16(25-14)12-7-5-6-8-13(12)17/h5-8,11H,9-10H2,1-4H3. The van der Waals surface area contributed by atoms with E-state index in [9.17, 15) is 13.2 Å². The Morgan fingerprint density at radius 1 is 1.27 bits per heavy atom. The van der Waals surface area contributed by atoms with E-state index < -0.39 is 10.0 Å². The molecule has 0 aliphatic rings. The van der Waals surface area contributed by atoms with Crippen LogP contribution >= 0.6 is 11.6 Å². The number of likely N-dealkylation sites (N-methyl/N-ethyl adjacent to an activating group) is 1. The van der Waals surface area contributed by atoms with E-state index in [2.05, 4.69) is 10.2 Å². The van der Waals surface area contributed by atoms with Crippen molar-refractivity contribution in [2.75, 3.05) is 19.8 Å². The molecule has 2 rings (SSSR count). The zero-order valence-corrected chi connectivity index (χ0v) is 16.6. The molecule has 0 saturated carbocycles. The Morgan fingerprint density at radius 2 is 1.92 bits per heavy atom. The van der Waals surface area contributed by atoms with Crippen LogP contribution in [0, 0.1) is 0 Å². The van der Waals surface area contributed by atoms with E-state index in [1.807, 2.05) is 13.8 Å². The topological polar surface area (TPSA) is 96.6 Å². The predicted molar refractivity (Wildman–Crippen MR) is 97.9 cm³/mol. The van der Waals surface area contributed by atoms with Crippen LogP contribution in [0.1, 0.15) is 19.7 Å². The number of carbonyl (C=O) groups is 1. The summed E-state index contributed by atoms with van der Waals surface area (Å²) in [5.41, 5.74) is 0.604.